The monoisotopic (exact) mass is 397 g/mol. The van der Waals surface area contributed by atoms with E-state index in [1.807, 2.05) is 0 Å². The van der Waals surface area contributed by atoms with E-state index in [-0.39, 0.29) is 34.8 Å². The van der Waals surface area contributed by atoms with Gasteiger partial charge in [-0.3, -0.25) is 9.78 Å². The van der Waals surface area contributed by atoms with Crippen LogP contribution in [0.4, 0.5) is 10.1 Å². The molecule has 1 fully saturated rings. The zero-order valence-corrected chi connectivity index (χ0v) is 15.3. The number of nitrogens with one attached hydrogen (secondary N) is 1. The number of benzene rings is 1. The predicted molar refractivity (Wildman–Crippen MR) is 95.8 cm³/mol. The predicted octanol–water partition coefficient (Wildman–Crippen LogP) is 2.91. The van der Waals surface area contributed by atoms with Crippen LogP contribution in [0.25, 0.3) is 0 Å². The number of sulfonamides is 1. The highest BCUT2D eigenvalue weighted by atomic mass is 35.5. The number of carbonyl (C=O) groups excluding carboxylic acids is 1. The summed E-state index contributed by atoms with van der Waals surface area (Å²) in [6.45, 7) is 0.422. The number of carbonyl (C=O) groups is 1. The van der Waals surface area contributed by atoms with E-state index < -0.39 is 15.8 Å². The van der Waals surface area contributed by atoms with E-state index >= 15 is 0 Å². The molecule has 1 N–H and O–H groups in total. The van der Waals surface area contributed by atoms with Crippen molar-refractivity contribution in [1.82, 2.24) is 9.29 Å². The maximum Gasteiger partial charge on any atom is 0.243 e. The molecule has 0 bridgehead atoms. The van der Waals surface area contributed by atoms with Crippen molar-refractivity contribution >= 4 is 33.2 Å². The van der Waals surface area contributed by atoms with Gasteiger partial charge in [0.15, 0.2) is 0 Å². The van der Waals surface area contributed by atoms with Crippen molar-refractivity contribution in [2.45, 2.75) is 17.7 Å². The second-order valence-corrected chi connectivity index (χ2v) is 8.33. The number of rotatable bonds is 4. The number of halogens is 2. The van der Waals surface area contributed by atoms with E-state index in [0.29, 0.717) is 18.5 Å². The molecule has 1 amide bonds. The Morgan fingerprint density at radius 3 is 2.62 bits per heavy atom. The lowest BCUT2D eigenvalue weighted by Crippen LogP contribution is -2.41. The van der Waals surface area contributed by atoms with Crippen LogP contribution < -0.4 is 5.32 Å². The summed E-state index contributed by atoms with van der Waals surface area (Å²) in [6, 6.07) is 6.79. The van der Waals surface area contributed by atoms with Gasteiger partial charge in [-0.1, -0.05) is 11.6 Å². The summed E-state index contributed by atoms with van der Waals surface area (Å²) in [4.78, 5) is 16.2. The van der Waals surface area contributed by atoms with Crippen LogP contribution >= 0.6 is 11.6 Å². The van der Waals surface area contributed by atoms with E-state index in [4.69, 9.17) is 11.6 Å². The van der Waals surface area contributed by atoms with Crippen LogP contribution in [0.2, 0.25) is 5.02 Å². The minimum absolute atomic E-state index is 0.0536. The standard InChI is InChI=1S/C17H17ClFN3O3S/c18-15-10-14(3-4-16(15)19)26(24,25)22-8-5-12(6-9-22)17(23)21-13-2-1-7-20-11-13/h1-4,7,10-12H,5-6,8-9H2,(H,21,23). The van der Waals surface area contributed by atoms with Crippen LogP contribution in [0.3, 0.4) is 0 Å². The van der Waals surface area contributed by atoms with Gasteiger partial charge in [-0.25, -0.2) is 12.8 Å². The van der Waals surface area contributed by atoms with Crippen molar-refractivity contribution in [3.8, 4) is 0 Å². The zero-order chi connectivity index (χ0) is 18.7. The Morgan fingerprint density at radius 2 is 2.00 bits per heavy atom. The van der Waals surface area contributed by atoms with E-state index in [1.165, 1.54) is 10.4 Å². The Hall–Kier alpha value is -2.03. The molecule has 3 rings (SSSR count). The van der Waals surface area contributed by atoms with Gasteiger partial charge in [0, 0.05) is 25.2 Å². The number of pyridine rings is 1. The molecule has 6 nitrogen and oxygen atoms in total. The first-order chi connectivity index (χ1) is 12.4. The average molecular weight is 398 g/mol. The number of anilines is 1. The Balaban J connectivity index is 1.64. The second kappa shape index (κ2) is 7.69. The highest BCUT2D eigenvalue weighted by molar-refractivity contribution is 7.89. The molecule has 26 heavy (non-hydrogen) atoms. The summed E-state index contributed by atoms with van der Waals surface area (Å²) in [5.41, 5.74) is 0.605. The molecule has 1 aliphatic rings. The third kappa shape index (κ3) is 4.03. The molecule has 0 aliphatic carbocycles. The molecule has 0 atom stereocenters. The molecule has 1 saturated heterocycles. The summed E-state index contributed by atoms with van der Waals surface area (Å²) in [5.74, 6) is -1.10. The second-order valence-electron chi connectivity index (χ2n) is 5.99. The lowest BCUT2D eigenvalue weighted by molar-refractivity contribution is -0.120. The molecule has 2 aromatic rings. The maximum absolute atomic E-state index is 13.3. The first-order valence-electron chi connectivity index (χ1n) is 8.04. The fraction of sp³-hybridized carbons (Fsp3) is 0.294. The number of aromatic nitrogens is 1. The number of hydrogen-bond donors (Lipinski definition) is 1. The van der Waals surface area contributed by atoms with Gasteiger partial charge in [0.25, 0.3) is 0 Å². The van der Waals surface area contributed by atoms with Crippen molar-refractivity contribution in [3.63, 3.8) is 0 Å². The Kier molecular flexibility index (Phi) is 5.55. The van der Waals surface area contributed by atoms with Gasteiger partial charge in [0.05, 0.1) is 21.8 Å². The molecular formula is C17H17ClFN3O3S. The van der Waals surface area contributed by atoms with E-state index in [0.717, 1.165) is 12.1 Å². The normalized spacial score (nSPS) is 16.4. The third-order valence-corrected chi connectivity index (χ3v) is 6.47. The van der Waals surface area contributed by atoms with Gasteiger partial charge in [0.1, 0.15) is 5.82 Å². The van der Waals surface area contributed by atoms with Crippen molar-refractivity contribution in [2.75, 3.05) is 18.4 Å². The van der Waals surface area contributed by atoms with Gasteiger partial charge in [0.2, 0.25) is 15.9 Å². The molecule has 0 saturated carbocycles. The fourth-order valence-electron chi connectivity index (χ4n) is 2.83. The van der Waals surface area contributed by atoms with Crippen LogP contribution in [0.1, 0.15) is 12.8 Å². The van der Waals surface area contributed by atoms with E-state index in [9.17, 15) is 17.6 Å². The van der Waals surface area contributed by atoms with Gasteiger partial charge in [-0.2, -0.15) is 4.31 Å². The van der Waals surface area contributed by atoms with Crippen LogP contribution in [-0.2, 0) is 14.8 Å². The minimum atomic E-state index is -3.77. The van der Waals surface area contributed by atoms with Gasteiger partial charge in [-0.05, 0) is 43.2 Å². The summed E-state index contributed by atoms with van der Waals surface area (Å²) in [6.07, 6.45) is 3.97. The Morgan fingerprint density at radius 1 is 1.27 bits per heavy atom. The number of nitrogens with zero attached hydrogens (tertiary/aromatic N) is 2. The minimum Gasteiger partial charge on any atom is -0.324 e. The lowest BCUT2D eigenvalue weighted by Gasteiger charge is -2.30. The largest absolute Gasteiger partial charge is 0.324 e. The lowest BCUT2D eigenvalue weighted by atomic mass is 9.97. The topological polar surface area (TPSA) is 79.4 Å². The van der Waals surface area contributed by atoms with E-state index in [1.54, 1.807) is 24.5 Å². The van der Waals surface area contributed by atoms with Crippen LogP contribution in [0, 0.1) is 11.7 Å². The summed E-state index contributed by atoms with van der Waals surface area (Å²) in [5, 5.41) is 2.54. The smallest absolute Gasteiger partial charge is 0.243 e. The highest BCUT2D eigenvalue weighted by Gasteiger charge is 2.32. The molecule has 0 spiro atoms. The van der Waals surface area contributed by atoms with Crippen LogP contribution in [-0.4, -0.2) is 36.7 Å². The number of piperidine rings is 1. The van der Waals surface area contributed by atoms with Crippen molar-refractivity contribution in [1.29, 1.82) is 0 Å². The molecule has 2 heterocycles. The molecule has 1 aliphatic heterocycles. The molecule has 9 heteroatoms. The van der Waals surface area contributed by atoms with E-state index in [2.05, 4.69) is 10.3 Å². The molecule has 0 unspecified atom stereocenters. The highest BCUT2D eigenvalue weighted by Crippen LogP contribution is 2.27. The average Bonchev–Trinajstić information content (AvgIpc) is 2.65. The Labute approximate surface area is 156 Å². The van der Waals surface area contributed by atoms with Gasteiger partial charge >= 0.3 is 0 Å². The molecular weight excluding hydrogens is 381 g/mol. The maximum atomic E-state index is 13.3. The van der Waals surface area contributed by atoms with Crippen LogP contribution in [0.5, 0.6) is 0 Å². The van der Waals surface area contributed by atoms with Crippen molar-refractivity contribution in [2.24, 2.45) is 5.92 Å². The molecule has 1 aromatic carbocycles. The first-order valence-corrected chi connectivity index (χ1v) is 9.86. The Bertz CT molecular complexity index is 901. The summed E-state index contributed by atoms with van der Waals surface area (Å²) >= 11 is 5.68. The molecule has 138 valence electrons. The quantitative estimate of drug-likeness (QED) is 0.860. The molecule has 0 radical (unpaired) electrons. The van der Waals surface area contributed by atoms with Gasteiger partial charge < -0.3 is 5.32 Å². The SMILES string of the molecule is O=C(Nc1cccnc1)C1CCN(S(=O)(=O)c2ccc(F)c(Cl)c2)CC1. The first kappa shape index (κ1) is 18.8. The molecule has 1 aromatic heterocycles. The van der Waals surface area contributed by atoms with Crippen LogP contribution in [0.15, 0.2) is 47.6 Å². The summed E-state index contributed by atoms with van der Waals surface area (Å²) in [7, 11) is -3.77. The third-order valence-electron chi connectivity index (χ3n) is 4.28. The summed E-state index contributed by atoms with van der Waals surface area (Å²) < 4.78 is 39.9. The zero-order valence-electron chi connectivity index (χ0n) is 13.7. The van der Waals surface area contributed by atoms with Crippen molar-refractivity contribution in [3.05, 3.63) is 53.6 Å². The number of amides is 1. The van der Waals surface area contributed by atoms with Crippen molar-refractivity contribution < 1.29 is 17.6 Å². The number of hydrogen-bond acceptors (Lipinski definition) is 4. The van der Waals surface area contributed by atoms with Gasteiger partial charge in [-0.15, -0.1) is 0 Å². The fourth-order valence-corrected chi connectivity index (χ4v) is 4.57.